The van der Waals surface area contributed by atoms with Crippen molar-refractivity contribution in [2.24, 2.45) is 0 Å². The fourth-order valence-corrected chi connectivity index (χ4v) is 2.42. The zero-order chi connectivity index (χ0) is 11.5. The third-order valence-corrected chi connectivity index (χ3v) is 3.41. The van der Waals surface area contributed by atoms with E-state index in [-0.39, 0.29) is 0 Å². The summed E-state index contributed by atoms with van der Waals surface area (Å²) in [5.74, 6) is 0. The molecule has 4 heteroatoms. The average Bonchev–Trinajstić information content (AvgIpc) is 2.70. The molecular formula is C12H12N2OS. The topological polar surface area (TPSA) is 56.0 Å². The number of carbonyl (C=O) groups is 1. The van der Waals surface area contributed by atoms with Gasteiger partial charge < -0.3 is 5.73 Å². The van der Waals surface area contributed by atoms with E-state index in [0.717, 1.165) is 28.8 Å². The Kier molecular flexibility index (Phi) is 3.01. The molecular weight excluding hydrogens is 220 g/mol. The lowest BCUT2D eigenvalue weighted by atomic mass is 10.0. The highest BCUT2D eigenvalue weighted by Crippen LogP contribution is 2.31. The van der Waals surface area contributed by atoms with Crippen molar-refractivity contribution < 1.29 is 4.79 Å². The number of rotatable bonds is 3. The highest BCUT2D eigenvalue weighted by Gasteiger charge is 2.12. The molecule has 0 aliphatic carbocycles. The Morgan fingerprint density at radius 3 is 2.88 bits per heavy atom. The quantitative estimate of drug-likeness (QED) is 0.828. The van der Waals surface area contributed by atoms with Gasteiger partial charge in [0.05, 0.1) is 5.69 Å². The predicted octanol–water partition coefficient (Wildman–Crippen LogP) is 2.77. The summed E-state index contributed by atoms with van der Waals surface area (Å²) in [6.07, 6.45) is 1.72. The van der Waals surface area contributed by atoms with Gasteiger partial charge in [0.1, 0.15) is 0 Å². The van der Waals surface area contributed by atoms with E-state index in [9.17, 15) is 4.79 Å². The Balaban J connectivity index is 2.61. The number of aromatic nitrogens is 1. The summed E-state index contributed by atoms with van der Waals surface area (Å²) in [5.41, 5.74) is 8.06. The molecule has 16 heavy (non-hydrogen) atoms. The molecule has 0 spiro atoms. The number of hydrogen-bond donors (Lipinski definition) is 1. The molecule has 82 valence electrons. The SMILES string of the molecule is CCc1sc(N)nc1-c1ccccc1C=O. The lowest BCUT2D eigenvalue weighted by molar-refractivity contribution is 0.112. The monoisotopic (exact) mass is 232 g/mol. The highest BCUT2D eigenvalue weighted by molar-refractivity contribution is 7.15. The van der Waals surface area contributed by atoms with Gasteiger partial charge in [-0.2, -0.15) is 0 Å². The van der Waals surface area contributed by atoms with E-state index in [0.29, 0.717) is 10.7 Å². The molecule has 3 nitrogen and oxygen atoms in total. The van der Waals surface area contributed by atoms with Gasteiger partial charge in [0, 0.05) is 16.0 Å². The van der Waals surface area contributed by atoms with Gasteiger partial charge in [-0.25, -0.2) is 4.98 Å². The summed E-state index contributed by atoms with van der Waals surface area (Å²) in [5, 5.41) is 0.549. The largest absolute Gasteiger partial charge is 0.375 e. The van der Waals surface area contributed by atoms with Gasteiger partial charge in [-0.05, 0) is 6.42 Å². The van der Waals surface area contributed by atoms with Crippen LogP contribution in [0.15, 0.2) is 24.3 Å². The number of benzene rings is 1. The maximum Gasteiger partial charge on any atom is 0.180 e. The molecule has 1 heterocycles. The second kappa shape index (κ2) is 4.45. The van der Waals surface area contributed by atoms with Gasteiger partial charge in [0.25, 0.3) is 0 Å². The molecule has 2 aromatic rings. The van der Waals surface area contributed by atoms with E-state index in [1.54, 1.807) is 6.07 Å². The van der Waals surface area contributed by atoms with Crippen LogP contribution in [-0.4, -0.2) is 11.3 Å². The molecule has 0 unspecified atom stereocenters. The fraction of sp³-hybridized carbons (Fsp3) is 0.167. The van der Waals surface area contributed by atoms with E-state index in [4.69, 9.17) is 5.73 Å². The summed E-state index contributed by atoms with van der Waals surface area (Å²) < 4.78 is 0. The zero-order valence-electron chi connectivity index (χ0n) is 8.93. The minimum atomic E-state index is 0.549. The van der Waals surface area contributed by atoms with Crippen LogP contribution >= 0.6 is 11.3 Å². The third kappa shape index (κ3) is 1.84. The average molecular weight is 232 g/mol. The first kappa shape index (κ1) is 10.8. The molecule has 0 amide bonds. The summed E-state index contributed by atoms with van der Waals surface area (Å²) >= 11 is 1.48. The van der Waals surface area contributed by atoms with Crippen molar-refractivity contribution in [2.75, 3.05) is 5.73 Å². The van der Waals surface area contributed by atoms with Crippen LogP contribution in [0.3, 0.4) is 0 Å². The molecule has 2 N–H and O–H groups in total. The Bertz CT molecular complexity index is 519. The summed E-state index contributed by atoms with van der Waals surface area (Å²) in [4.78, 5) is 16.4. The van der Waals surface area contributed by atoms with Crippen molar-refractivity contribution in [2.45, 2.75) is 13.3 Å². The molecule has 0 atom stereocenters. The summed E-state index contributed by atoms with van der Waals surface area (Å²) in [7, 11) is 0. The number of thiazole rings is 1. The maximum atomic E-state index is 11.0. The van der Waals surface area contributed by atoms with Crippen molar-refractivity contribution in [1.29, 1.82) is 0 Å². The van der Waals surface area contributed by atoms with E-state index in [1.165, 1.54) is 11.3 Å². The first-order valence-corrected chi connectivity index (χ1v) is 5.87. The molecule has 0 saturated heterocycles. The predicted molar refractivity (Wildman–Crippen MR) is 66.7 cm³/mol. The van der Waals surface area contributed by atoms with Gasteiger partial charge in [-0.15, -0.1) is 11.3 Å². The Morgan fingerprint density at radius 2 is 2.19 bits per heavy atom. The molecule has 0 saturated carbocycles. The van der Waals surface area contributed by atoms with Crippen molar-refractivity contribution in [1.82, 2.24) is 4.98 Å². The Labute approximate surface area is 97.9 Å². The number of aryl methyl sites for hydroxylation is 1. The van der Waals surface area contributed by atoms with Crippen LogP contribution in [-0.2, 0) is 6.42 Å². The first-order chi connectivity index (χ1) is 7.76. The lowest BCUT2D eigenvalue weighted by Gasteiger charge is -2.02. The summed E-state index contributed by atoms with van der Waals surface area (Å²) in [6.45, 7) is 2.06. The van der Waals surface area contributed by atoms with Gasteiger partial charge in [-0.1, -0.05) is 31.2 Å². The molecule has 0 bridgehead atoms. The Hall–Kier alpha value is -1.68. The number of aldehydes is 1. The van der Waals surface area contributed by atoms with Crippen LogP contribution < -0.4 is 5.73 Å². The van der Waals surface area contributed by atoms with Crippen molar-refractivity contribution in [3.8, 4) is 11.3 Å². The van der Waals surface area contributed by atoms with Crippen LogP contribution in [0.5, 0.6) is 0 Å². The van der Waals surface area contributed by atoms with Crippen molar-refractivity contribution in [3.63, 3.8) is 0 Å². The third-order valence-electron chi connectivity index (χ3n) is 2.38. The second-order valence-electron chi connectivity index (χ2n) is 3.38. The summed E-state index contributed by atoms with van der Waals surface area (Å²) in [6, 6.07) is 7.43. The van der Waals surface area contributed by atoms with Gasteiger partial charge >= 0.3 is 0 Å². The van der Waals surface area contributed by atoms with Gasteiger partial charge in [0.15, 0.2) is 11.4 Å². The van der Waals surface area contributed by atoms with Crippen LogP contribution in [0.2, 0.25) is 0 Å². The minimum Gasteiger partial charge on any atom is -0.375 e. The van der Waals surface area contributed by atoms with Crippen LogP contribution in [0.1, 0.15) is 22.2 Å². The van der Waals surface area contributed by atoms with E-state index < -0.39 is 0 Å². The lowest BCUT2D eigenvalue weighted by Crippen LogP contribution is -1.90. The number of anilines is 1. The number of hydrogen-bond acceptors (Lipinski definition) is 4. The first-order valence-electron chi connectivity index (χ1n) is 5.06. The van der Waals surface area contributed by atoms with Crippen LogP contribution in [0, 0.1) is 0 Å². The molecule has 2 rings (SSSR count). The number of nitrogens with two attached hydrogens (primary N) is 1. The normalized spacial score (nSPS) is 10.3. The van der Waals surface area contributed by atoms with E-state index >= 15 is 0 Å². The molecule has 0 radical (unpaired) electrons. The smallest absolute Gasteiger partial charge is 0.180 e. The standard InChI is InChI=1S/C12H12N2OS/c1-2-10-11(14-12(13)16-10)9-6-4-3-5-8(9)7-15/h3-7H,2H2,1H3,(H2,13,14). The minimum absolute atomic E-state index is 0.549. The maximum absolute atomic E-state index is 11.0. The number of carbonyl (C=O) groups excluding carboxylic acids is 1. The Morgan fingerprint density at radius 1 is 1.44 bits per heavy atom. The highest BCUT2D eigenvalue weighted by atomic mass is 32.1. The van der Waals surface area contributed by atoms with Gasteiger partial charge in [-0.3, -0.25) is 4.79 Å². The van der Waals surface area contributed by atoms with E-state index in [2.05, 4.69) is 11.9 Å². The van der Waals surface area contributed by atoms with Crippen LogP contribution in [0.4, 0.5) is 5.13 Å². The number of nitrogen functional groups attached to an aromatic ring is 1. The molecule has 0 fully saturated rings. The number of nitrogens with zero attached hydrogens (tertiary/aromatic N) is 1. The van der Waals surface area contributed by atoms with E-state index in [1.807, 2.05) is 18.2 Å². The molecule has 0 aliphatic rings. The van der Waals surface area contributed by atoms with Gasteiger partial charge in [0.2, 0.25) is 0 Å². The van der Waals surface area contributed by atoms with Crippen molar-refractivity contribution >= 4 is 22.8 Å². The molecule has 1 aromatic carbocycles. The zero-order valence-corrected chi connectivity index (χ0v) is 9.75. The van der Waals surface area contributed by atoms with Crippen molar-refractivity contribution in [3.05, 3.63) is 34.7 Å². The fourth-order valence-electron chi connectivity index (χ4n) is 1.64. The second-order valence-corrected chi connectivity index (χ2v) is 4.50. The molecule has 1 aromatic heterocycles. The molecule has 0 aliphatic heterocycles. The van der Waals surface area contributed by atoms with Crippen LogP contribution in [0.25, 0.3) is 11.3 Å².